The van der Waals surface area contributed by atoms with Gasteiger partial charge in [-0.15, -0.1) is 11.3 Å². The number of ether oxygens (including phenoxy) is 2. The Balaban J connectivity index is 2.11. The number of hydrogen-bond acceptors (Lipinski definition) is 4. The summed E-state index contributed by atoms with van der Waals surface area (Å²) >= 11 is 1.63. The predicted octanol–water partition coefficient (Wildman–Crippen LogP) is 3.92. The maximum absolute atomic E-state index is 5.88. The van der Waals surface area contributed by atoms with Gasteiger partial charge in [-0.05, 0) is 25.1 Å². The molecule has 2 heterocycles. The Hall–Kier alpha value is -1.81. The van der Waals surface area contributed by atoms with Crippen LogP contribution in [0.4, 0.5) is 5.69 Å². The molecule has 0 amide bonds. The van der Waals surface area contributed by atoms with Gasteiger partial charge in [-0.1, -0.05) is 0 Å². The average Bonchev–Trinajstić information content (AvgIpc) is 2.59. The summed E-state index contributed by atoms with van der Waals surface area (Å²) in [6.07, 6.45) is 1.84. The molecular weight excluding hydrogens is 234 g/mol. The predicted molar refractivity (Wildman–Crippen MR) is 69.4 cm³/mol. The third-order valence-electron chi connectivity index (χ3n) is 2.56. The first-order chi connectivity index (χ1) is 8.26. The van der Waals surface area contributed by atoms with Crippen molar-refractivity contribution in [2.24, 2.45) is 4.99 Å². The molecule has 17 heavy (non-hydrogen) atoms. The fourth-order valence-corrected chi connectivity index (χ4v) is 2.57. The summed E-state index contributed by atoms with van der Waals surface area (Å²) in [5, 5.41) is 0.887. The van der Waals surface area contributed by atoms with Crippen LogP contribution in [-0.2, 0) is 0 Å². The van der Waals surface area contributed by atoms with Gasteiger partial charge >= 0.3 is 0 Å². The maximum Gasteiger partial charge on any atom is 0.190 e. The van der Waals surface area contributed by atoms with Crippen LogP contribution in [0.3, 0.4) is 0 Å². The van der Waals surface area contributed by atoms with E-state index in [1.165, 1.54) is 4.88 Å². The normalized spacial score (nSPS) is 12.4. The lowest BCUT2D eigenvalue weighted by atomic mass is 10.3. The Morgan fingerprint density at radius 1 is 1.29 bits per heavy atom. The van der Waals surface area contributed by atoms with Crippen molar-refractivity contribution in [3.05, 3.63) is 34.7 Å². The molecule has 4 heteroatoms. The van der Waals surface area contributed by atoms with Crippen LogP contribution in [0, 0.1) is 6.92 Å². The van der Waals surface area contributed by atoms with Gasteiger partial charge in [0, 0.05) is 22.7 Å². The van der Waals surface area contributed by atoms with Crippen LogP contribution in [0.2, 0.25) is 0 Å². The number of fused-ring (bicyclic) bond motifs is 2. The van der Waals surface area contributed by atoms with E-state index in [1.54, 1.807) is 18.4 Å². The minimum atomic E-state index is 0.737. The molecule has 0 radical (unpaired) electrons. The quantitative estimate of drug-likeness (QED) is 0.650. The van der Waals surface area contributed by atoms with Crippen LogP contribution in [0.25, 0.3) is 0 Å². The molecule has 0 fully saturated rings. The van der Waals surface area contributed by atoms with Gasteiger partial charge in [0.2, 0.25) is 0 Å². The summed E-state index contributed by atoms with van der Waals surface area (Å²) in [4.78, 5) is 5.63. The minimum absolute atomic E-state index is 0.737. The van der Waals surface area contributed by atoms with Crippen molar-refractivity contribution in [3.8, 4) is 16.6 Å². The van der Waals surface area contributed by atoms with Crippen molar-refractivity contribution >= 4 is 23.2 Å². The number of methoxy groups -OCH3 is 1. The van der Waals surface area contributed by atoms with Crippen molar-refractivity contribution in [1.82, 2.24) is 0 Å². The Morgan fingerprint density at radius 2 is 2.18 bits per heavy atom. The molecule has 3 nitrogen and oxygen atoms in total. The Labute approximate surface area is 103 Å². The summed E-state index contributed by atoms with van der Waals surface area (Å²) in [6, 6.07) is 7.71. The molecule has 86 valence electrons. The fourth-order valence-electron chi connectivity index (χ4n) is 1.73. The Kier molecular flexibility index (Phi) is 2.37. The van der Waals surface area contributed by atoms with Crippen molar-refractivity contribution in [3.63, 3.8) is 0 Å². The van der Waals surface area contributed by atoms with E-state index < -0.39 is 0 Å². The van der Waals surface area contributed by atoms with E-state index in [0.29, 0.717) is 0 Å². The lowest BCUT2D eigenvalue weighted by Gasteiger charge is -2.07. The number of hydrogen-bond donors (Lipinski definition) is 0. The lowest BCUT2D eigenvalue weighted by molar-refractivity contribution is 0.410. The van der Waals surface area contributed by atoms with Gasteiger partial charge in [-0.3, -0.25) is 4.99 Å². The van der Waals surface area contributed by atoms with Crippen molar-refractivity contribution < 1.29 is 9.47 Å². The zero-order valence-corrected chi connectivity index (χ0v) is 10.4. The molecule has 0 spiro atoms. The largest absolute Gasteiger partial charge is 0.497 e. The van der Waals surface area contributed by atoms with E-state index in [2.05, 4.69) is 18.0 Å². The molecule has 2 aromatic rings. The van der Waals surface area contributed by atoms with Gasteiger partial charge in [0.25, 0.3) is 0 Å². The van der Waals surface area contributed by atoms with Gasteiger partial charge in [0.15, 0.2) is 10.8 Å². The van der Waals surface area contributed by atoms with E-state index in [4.69, 9.17) is 9.47 Å². The van der Waals surface area contributed by atoms with Crippen LogP contribution in [0.15, 0.2) is 29.3 Å². The van der Waals surface area contributed by atoms with Crippen molar-refractivity contribution in [2.75, 3.05) is 7.11 Å². The smallest absolute Gasteiger partial charge is 0.190 e. The van der Waals surface area contributed by atoms with Gasteiger partial charge in [0.05, 0.1) is 7.11 Å². The third-order valence-corrected chi connectivity index (χ3v) is 3.50. The highest BCUT2D eigenvalue weighted by molar-refractivity contribution is 7.14. The number of rotatable bonds is 1. The van der Waals surface area contributed by atoms with Crippen LogP contribution >= 0.6 is 11.3 Å². The standard InChI is InChI=1S/C13H11NO2S/c1-8-5-9-7-14-11-4-3-10(15-2)6-12(11)16-13(9)17-8/h3-7H,1-2H3. The number of aryl methyl sites for hydroxylation is 1. The van der Waals surface area contributed by atoms with E-state index in [1.807, 2.05) is 24.4 Å². The van der Waals surface area contributed by atoms with Crippen LogP contribution < -0.4 is 9.47 Å². The number of nitrogens with zero attached hydrogens (tertiary/aromatic N) is 1. The van der Waals surface area contributed by atoms with Gasteiger partial charge in [-0.25, -0.2) is 0 Å². The first-order valence-corrected chi connectivity index (χ1v) is 6.08. The second-order valence-corrected chi connectivity index (χ2v) is 5.01. The second-order valence-electron chi connectivity index (χ2n) is 3.79. The first-order valence-electron chi connectivity index (χ1n) is 5.26. The van der Waals surface area contributed by atoms with E-state index in [0.717, 1.165) is 27.8 Å². The molecule has 1 aromatic heterocycles. The maximum atomic E-state index is 5.88. The van der Waals surface area contributed by atoms with Crippen molar-refractivity contribution in [2.45, 2.75) is 6.92 Å². The van der Waals surface area contributed by atoms with Crippen molar-refractivity contribution in [1.29, 1.82) is 0 Å². The summed E-state index contributed by atoms with van der Waals surface area (Å²) in [5.41, 5.74) is 1.86. The fraction of sp³-hybridized carbons (Fsp3) is 0.154. The SMILES string of the molecule is COc1ccc2c(c1)Oc1sc(C)cc1C=N2. The molecule has 0 saturated heterocycles. The highest BCUT2D eigenvalue weighted by Crippen LogP contribution is 2.41. The molecule has 0 bridgehead atoms. The highest BCUT2D eigenvalue weighted by Gasteiger charge is 2.14. The molecule has 1 aliphatic heterocycles. The minimum Gasteiger partial charge on any atom is -0.497 e. The first kappa shape index (κ1) is 10.4. The molecule has 0 aliphatic carbocycles. The number of thiophene rings is 1. The lowest BCUT2D eigenvalue weighted by Crippen LogP contribution is -1.85. The van der Waals surface area contributed by atoms with Crippen LogP contribution in [-0.4, -0.2) is 13.3 Å². The molecule has 1 aliphatic rings. The third kappa shape index (κ3) is 1.80. The molecule has 3 rings (SSSR count). The molecule has 1 aromatic carbocycles. The summed E-state index contributed by atoms with van der Waals surface area (Å²) < 4.78 is 11.1. The number of benzene rings is 1. The summed E-state index contributed by atoms with van der Waals surface area (Å²) in [6.45, 7) is 2.06. The van der Waals surface area contributed by atoms with E-state index in [-0.39, 0.29) is 0 Å². The van der Waals surface area contributed by atoms with Gasteiger partial charge in [-0.2, -0.15) is 0 Å². The molecule has 0 saturated carbocycles. The second kappa shape index (κ2) is 3.89. The summed E-state index contributed by atoms with van der Waals surface area (Å²) in [5.74, 6) is 1.51. The topological polar surface area (TPSA) is 30.8 Å². The monoisotopic (exact) mass is 245 g/mol. The Morgan fingerprint density at radius 3 is 3.00 bits per heavy atom. The molecular formula is C13H11NO2S. The van der Waals surface area contributed by atoms with Crippen LogP contribution in [0.1, 0.15) is 10.4 Å². The van der Waals surface area contributed by atoms with E-state index >= 15 is 0 Å². The zero-order chi connectivity index (χ0) is 11.8. The van der Waals surface area contributed by atoms with Crippen LogP contribution in [0.5, 0.6) is 16.6 Å². The van der Waals surface area contributed by atoms with E-state index in [9.17, 15) is 0 Å². The zero-order valence-electron chi connectivity index (χ0n) is 9.56. The summed E-state index contributed by atoms with van der Waals surface area (Å²) in [7, 11) is 1.64. The highest BCUT2D eigenvalue weighted by atomic mass is 32.1. The van der Waals surface area contributed by atoms with Gasteiger partial charge < -0.3 is 9.47 Å². The average molecular weight is 245 g/mol. The molecule has 0 unspecified atom stereocenters. The molecule has 0 N–H and O–H groups in total. The molecule has 0 atom stereocenters. The Bertz CT molecular complexity index is 601. The van der Waals surface area contributed by atoms with Gasteiger partial charge in [0.1, 0.15) is 11.4 Å². The number of aliphatic imine (C=N–C) groups is 1.